The van der Waals surface area contributed by atoms with Crippen LogP contribution in [0.4, 0.5) is 10.3 Å². The summed E-state index contributed by atoms with van der Waals surface area (Å²) in [6.45, 7) is 4.96. The number of hydrogen-bond donors (Lipinski definition) is 1. The van der Waals surface area contributed by atoms with Gasteiger partial charge >= 0.3 is 0 Å². The minimum atomic E-state index is -0.505. The number of hydroxylamine groups is 2. The zero-order valence-corrected chi connectivity index (χ0v) is 18.4. The third-order valence-electron chi connectivity index (χ3n) is 5.43. The Morgan fingerprint density at radius 3 is 2.61 bits per heavy atom. The molecule has 0 saturated carbocycles. The molecular weight excluding hydrogens is 421 g/mol. The van der Waals surface area contributed by atoms with E-state index in [9.17, 15) is 14.4 Å². The number of rotatable bonds is 5. The van der Waals surface area contributed by atoms with E-state index in [4.69, 9.17) is 0 Å². The first-order valence-corrected chi connectivity index (χ1v) is 10.8. The Morgan fingerprint density at radius 1 is 1.26 bits per heavy atom. The SMILES string of the molecule is Cc1ncc(CN(O)C(=O)C2CCN(c3ncc(F)c(-c4c(C)cnn4C)n3)CC2)s1. The summed E-state index contributed by atoms with van der Waals surface area (Å²) < 4.78 is 16.0. The lowest BCUT2D eigenvalue weighted by atomic mass is 9.96. The first kappa shape index (κ1) is 21.3. The van der Waals surface area contributed by atoms with Gasteiger partial charge in [-0.15, -0.1) is 11.3 Å². The van der Waals surface area contributed by atoms with E-state index in [1.807, 2.05) is 18.7 Å². The molecule has 1 amide bonds. The summed E-state index contributed by atoms with van der Waals surface area (Å²) in [5.74, 6) is -0.662. The maximum Gasteiger partial charge on any atom is 0.249 e. The van der Waals surface area contributed by atoms with E-state index in [1.54, 1.807) is 24.1 Å². The Morgan fingerprint density at radius 2 is 2.00 bits per heavy atom. The maximum atomic E-state index is 14.4. The molecule has 1 N–H and O–H groups in total. The van der Waals surface area contributed by atoms with E-state index in [2.05, 4.69) is 20.1 Å². The predicted octanol–water partition coefficient (Wildman–Crippen LogP) is 2.72. The highest BCUT2D eigenvalue weighted by molar-refractivity contribution is 7.11. The molecule has 0 radical (unpaired) electrons. The summed E-state index contributed by atoms with van der Waals surface area (Å²) in [6.07, 6.45) is 5.62. The lowest BCUT2D eigenvalue weighted by Crippen LogP contribution is -2.41. The molecule has 1 fully saturated rings. The van der Waals surface area contributed by atoms with Crippen molar-refractivity contribution in [1.82, 2.24) is 29.8 Å². The first-order chi connectivity index (χ1) is 14.8. The number of aryl methyl sites for hydroxylation is 3. The molecule has 0 spiro atoms. The highest BCUT2D eigenvalue weighted by atomic mass is 32.1. The van der Waals surface area contributed by atoms with Gasteiger partial charge in [-0.2, -0.15) is 5.10 Å². The zero-order valence-electron chi connectivity index (χ0n) is 17.6. The number of nitrogens with zero attached hydrogens (tertiary/aromatic N) is 7. The summed E-state index contributed by atoms with van der Waals surface area (Å²) in [4.78, 5) is 28.2. The van der Waals surface area contributed by atoms with Crippen LogP contribution in [0.5, 0.6) is 0 Å². The van der Waals surface area contributed by atoms with Crippen LogP contribution >= 0.6 is 11.3 Å². The fraction of sp³-hybridized carbons (Fsp3) is 0.450. The van der Waals surface area contributed by atoms with Gasteiger partial charge < -0.3 is 4.90 Å². The number of piperidine rings is 1. The molecule has 164 valence electrons. The fourth-order valence-electron chi connectivity index (χ4n) is 3.80. The minimum Gasteiger partial charge on any atom is -0.341 e. The van der Waals surface area contributed by atoms with Crippen LogP contribution < -0.4 is 4.90 Å². The lowest BCUT2D eigenvalue weighted by Gasteiger charge is -2.32. The van der Waals surface area contributed by atoms with Gasteiger partial charge in [0.1, 0.15) is 5.69 Å². The van der Waals surface area contributed by atoms with Crippen molar-refractivity contribution in [2.45, 2.75) is 33.2 Å². The van der Waals surface area contributed by atoms with Crippen LogP contribution in [0.2, 0.25) is 0 Å². The standard InChI is InChI=1S/C20H24FN7O2S/c1-12-8-24-26(3)18(12)17-16(21)10-23-20(25-17)27-6-4-14(5-7-27)19(29)28(30)11-15-9-22-13(2)31-15/h8-10,14,30H,4-7,11H2,1-3H3. The number of aromatic nitrogens is 5. The molecule has 1 saturated heterocycles. The maximum absolute atomic E-state index is 14.4. The van der Waals surface area contributed by atoms with Crippen LogP contribution in [-0.2, 0) is 18.4 Å². The molecule has 0 unspecified atom stereocenters. The average Bonchev–Trinajstić information content (AvgIpc) is 3.32. The van der Waals surface area contributed by atoms with Gasteiger partial charge in [-0.25, -0.2) is 24.4 Å². The van der Waals surface area contributed by atoms with Crippen molar-refractivity contribution in [2.24, 2.45) is 13.0 Å². The molecule has 3 aromatic heterocycles. The monoisotopic (exact) mass is 445 g/mol. The zero-order chi connectivity index (χ0) is 22.1. The van der Waals surface area contributed by atoms with Crippen molar-refractivity contribution in [1.29, 1.82) is 0 Å². The Bertz CT molecular complexity index is 1070. The van der Waals surface area contributed by atoms with Crippen LogP contribution in [-0.4, -0.2) is 54.0 Å². The van der Waals surface area contributed by atoms with E-state index in [0.717, 1.165) is 20.5 Å². The average molecular weight is 446 g/mol. The number of halogens is 1. The minimum absolute atomic E-state index is 0.138. The molecule has 0 bridgehead atoms. The van der Waals surface area contributed by atoms with Gasteiger partial charge in [0.15, 0.2) is 5.82 Å². The largest absolute Gasteiger partial charge is 0.341 e. The lowest BCUT2D eigenvalue weighted by molar-refractivity contribution is -0.173. The van der Waals surface area contributed by atoms with Crippen LogP contribution in [0.25, 0.3) is 11.4 Å². The summed E-state index contributed by atoms with van der Waals surface area (Å²) in [6, 6.07) is 0. The van der Waals surface area contributed by atoms with E-state index >= 15 is 0 Å². The highest BCUT2D eigenvalue weighted by Gasteiger charge is 2.30. The van der Waals surface area contributed by atoms with Crippen LogP contribution in [0.1, 0.15) is 28.3 Å². The molecule has 4 heterocycles. The third kappa shape index (κ3) is 4.42. The Hall–Kier alpha value is -2.92. The molecule has 1 aliphatic heterocycles. The Kier molecular flexibility index (Phi) is 5.96. The number of thiazole rings is 1. The normalized spacial score (nSPS) is 14.8. The smallest absolute Gasteiger partial charge is 0.249 e. The van der Waals surface area contributed by atoms with Gasteiger partial charge in [0.05, 0.1) is 29.6 Å². The second kappa shape index (κ2) is 8.67. The van der Waals surface area contributed by atoms with Gasteiger partial charge in [-0.3, -0.25) is 14.7 Å². The number of carbonyl (C=O) groups excluding carboxylic acids is 1. The van der Waals surface area contributed by atoms with E-state index in [-0.39, 0.29) is 24.1 Å². The van der Waals surface area contributed by atoms with Crippen molar-refractivity contribution < 1.29 is 14.4 Å². The van der Waals surface area contributed by atoms with Gasteiger partial charge in [-0.1, -0.05) is 0 Å². The topological polar surface area (TPSA) is 100 Å². The van der Waals surface area contributed by atoms with Crippen molar-refractivity contribution in [3.63, 3.8) is 0 Å². The molecule has 3 aromatic rings. The third-order valence-corrected chi connectivity index (χ3v) is 6.33. The second-order valence-electron chi connectivity index (χ2n) is 7.67. The summed E-state index contributed by atoms with van der Waals surface area (Å²) in [5, 5.41) is 16.0. The van der Waals surface area contributed by atoms with Gasteiger partial charge in [-0.05, 0) is 32.3 Å². The number of anilines is 1. The van der Waals surface area contributed by atoms with E-state index in [0.29, 0.717) is 37.6 Å². The molecule has 0 atom stereocenters. The van der Waals surface area contributed by atoms with Gasteiger partial charge in [0.25, 0.3) is 0 Å². The summed E-state index contributed by atoms with van der Waals surface area (Å²) >= 11 is 1.45. The summed E-state index contributed by atoms with van der Waals surface area (Å²) in [7, 11) is 1.74. The fourth-order valence-corrected chi connectivity index (χ4v) is 4.58. The van der Waals surface area contributed by atoms with Crippen molar-refractivity contribution in [3.8, 4) is 11.4 Å². The van der Waals surface area contributed by atoms with Crippen LogP contribution in [0.3, 0.4) is 0 Å². The van der Waals surface area contributed by atoms with Crippen LogP contribution in [0, 0.1) is 25.6 Å². The van der Waals surface area contributed by atoms with Gasteiger partial charge in [0, 0.05) is 37.1 Å². The quantitative estimate of drug-likeness (QED) is 0.476. The molecule has 4 rings (SSSR count). The van der Waals surface area contributed by atoms with Crippen molar-refractivity contribution in [3.05, 3.63) is 39.9 Å². The predicted molar refractivity (Wildman–Crippen MR) is 113 cm³/mol. The number of hydrogen-bond acceptors (Lipinski definition) is 8. The molecule has 31 heavy (non-hydrogen) atoms. The molecule has 1 aliphatic rings. The van der Waals surface area contributed by atoms with Crippen molar-refractivity contribution in [2.75, 3.05) is 18.0 Å². The molecule has 9 nitrogen and oxygen atoms in total. The van der Waals surface area contributed by atoms with Crippen LogP contribution in [0.15, 0.2) is 18.6 Å². The highest BCUT2D eigenvalue weighted by Crippen LogP contribution is 2.27. The Labute approximate surface area is 183 Å². The summed E-state index contributed by atoms with van der Waals surface area (Å²) in [5.41, 5.74) is 1.65. The van der Waals surface area contributed by atoms with E-state index < -0.39 is 5.82 Å². The molecule has 0 aliphatic carbocycles. The Balaban J connectivity index is 1.42. The van der Waals surface area contributed by atoms with Crippen molar-refractivity contribution >= 4 is 23.2 Å². The molecule has 11 heteroatoms. The first-order valence-electron chi connectivity index (χ1n) is 10.0. The van der Waals surface area contributed by atoms with E-state index in [1.165, 1.54) is 17.5 Å². The molecular formula is C20H24FN7O2S. The van der Waals surface area contributed by atoms with Gasteiger partial charge in [0.2, 0.25) is 11.9 Å². The second-order valence-corrected chi connectivity index (χ2v) is 8.99. The molecule has 0 aromatic carbocycles. The number of carbonyl (C=O) groups is 1. The number of amides is 1.